The van der Waals surface area contributed by atoms with E-state index < -0.39 is 5.82 Å². The van der Waals surface area contributed by atoms with Crippen molar-refractivity contribution in [1.29, 1.82) is 0 Å². The van der Waals surface area contributed by atoms with Crippen LogP contribution in [-0.2, 0) is 13.1 Å². The molecule has 0 saturated heterocycles. The summed E-state index contributed by atoms with van der Waals surface area (Å²) in [6.07, 6.45) is 1.61. The van der Waals surface area contributed by atoms with Crippen molar-refractivity contribution in [2.24, 2.45) is 0 Å². The summed E-state index contributed by atoms with van der Waals surface area (Å²) in [5, 5.41) is 10.4. The molecule has 0 bridgehead atoms. The maximum absolute atomic E-state index is 12.9. The van der Waals surface area contributed by atoms with Gasteiger partial charge in [-0.1, -0.05) is 0 Å². The van der Waals surface area contributed by atoms with Gasteiger partial charge in [0.15, 0.2) is 5.82 Å². The van der Waals surface area contributed by atoms with Gasteiger partial charge in [-0.25, -0.2) is 4.39 Å². The fourth-order valence-corrected chi connectivity index (χ4v) is 2.14. The summed E-state index contributed by atoms with van der Waals surface area (Å²) in [6.45, 7) is 2.97. The monoisotopic (exact) mass is 326 g/mol. The lowest BCUT2D eigenvalue weighted by molar-refractivity contribution is 0.0948. The molecule has 1 heterocycles. The van der Waals surface area contributed by atoms with E-state index in [0.29, 0.717) is 15.9 Å². The highest BCUT2D eigenvalue weighted by Gasteiger charge is 2.11. The molecule has 19 heavy (non-hydrogen) atoms. The molecule has 0 unspecified atom stereocenters. The number of nitrogens with zero attached hydrogens (tertiary/aromatic N) is 3. The summed E-state index contributed by atoms with van der Waals surface area (Å²) in [7, 11) is 0. The molecule has 0 spiro atoms. The minimum atomic E-state index is -0.394. The Balaban J connectivity index is 2.05. The molecule has 7 heteroatoms. The van der Waals surface area contributed by atoms with Crippen molar-refractivity contribution in [2.75, 3.05) is 0 Å². The van der Waals surface area contributed by atoms with Gasteiger partial charge in [-0.05, 0) is 41.1 Å². The minimum Gasteiger partial charge on any atom is -0.345 e. The van der Waals surface area contributed by atoms with Crippen LogP contribution in [0, 0.1) is 5.82 Å². The average Bonchev–Trinajstić information content (AvgIpc) is 2.83. The van der Waals surface area contributed by atoms with Crippen molar-refractivity contribution in [2.45, 2.75) is 20.0 Å². The van der Waals surface area contributed by atoms with E-state index in [-0.39, 0.29) is 12.5 Å². The number of aromatic nitrogens is 3. The van der Waals surface area contributed by atoms with Gasteiger partial charge in [-0.15, -0.1) is 10.2 Å². The normalized spacial score (nSPS) is 10.5. The van der Waals surface area contributed by atoms with Crippen LogP contribution in [0.5, 0.6) is 0 Å². The summed E-state index contributed by atoms with van der Waals surface area (Å²) >= 11 is 3.16. The maximum Gasteiger partial charge on any atom is 0.252 e. The van der Waals surface area contributed by atoms with Gasteiger partial charge >= 0.3 is 0 Å². The number of hydrogen-bond donors (Lipinski definition) is 1. The third-order valence-electron chi connectivity index (χ3n) is 2.62. The van der Waals surface area contributed by atoms with Gasteiger partial charge in [-0.3, -0.25) is 4.79 Å². The predicted molar refractivity (Wildman–Crippen MR) is 71.0 cm³/mol. The molecule has 1 N–H and O–H groups in total. The first-order valence-corrected chi connectivity index (χ1v) is 6.51. The topological polar surface area (TPSA) is 59.8 Å². The van der Waals surface area contributed by atoms with Crippen LogP contribution in [0.4, 0.5) is 4.39 Å². The molecule has 1 amide bonds. The molecule has 0 aliphatic carbocycles. The van der Waals surface area contributed by atoms with Crippen molar-refractivity contribution in [1.82, 2.24) is 20.1 Å². The van der Waals surface area contributed by atoms with E-state index >= 15 is 0 Å². The maximum atomic E-state index is 12.9. The van der Waals surface area contributed by atoms with Gasteiger partial charge < -0.3 is 9.88 Å². The van der Waals surface area contributed by atoms with Crippen LogP contribution in [0.1, 0.15) is 23.1 Å². The highest BCUT2D eigenvalue weighted by atomic mass is 79.9. The summed E-state index contributed by atoms with van der Waals surface area (Å²) < 4.78 is 15.2. The number of amides is 1. The molecular weight excluding hydrogens is 315 g/mol. The van der Waals surface area contributed by atoms with Crippen LogP contribution < -0.4 is 5.32 Å². The van der Waals surface area contributed by atoms with Gasteiger partial charge in [0.2, 0.25) is 0 Å². The lowest BCUT2D eigenvalue weighted by Crippen LogP contribution is -2.25. The molecule has 2 rings (SSSR count). The zero-order chi connectivity index (χ0) is 13.8. The highest BCUT2D eigenvalue weighted by Crippen LogP contribution is 2.17. The molecule has 100 valence electrons. The molecule has 0 fully saturated rings. The lowest BCUT2D eigenvalue weighted by atomic mass is 10.2. The van der Waals surface area contributed by atoms with E-state index in [2.05, 4.69) is 31.4 Å². The van der Waals surface area contributed by atoms with Gasteiger partial charge in [0.25, 0.3) is 5.91 Å². The van der Waals surface area contributed by atoms with Gasteiger partial charge in [0.05, 0.1) is 12.1 Å². The molecule has 1 aromatic heterocycles. The number of carbonyl (C=O) groups excluding carboxylic acids is 1. The first-order chi connectivity index (χ1) is 9.11. The van der Waals surface area contributed by atoms with E-state index in [0.717, 1.165) is 6.54 Å². The largest absolute Gasteiger partial charge is 0.345 e. The lowest BCUT2D eigenvalue weighted by Gasteiger charge is -2.07. The molecule has 0 atom stereocenters. The Morgan fingerprint density at radius 1 is 1.53 bits per heavy atom. The molecule has 5 nitrogen and oxygen atoms in total. The predicted octanol–water partition coefficient (Wildman–Crippen LogP) is 2.13. The first-order valence-electron chi connectivity index (χ1n) is 5.71. The number of benzene rings is 1. The first kappa shape index (κ1) is 13.7. The third-order valence-corrected chi connectivity index (χ3v) is 3.28. The summed E-state index contributed by atoms with van der Waals surface area (Å²) in [5.41, 5.74) is 0.379. The fourth-order valence-electron chi connectivity index (χ4n) is 1.61. The molecule has 0 radical (unpaired) electrons. The Morgan fingerprint density at radius 2 is 2.32 bits per heavy atom. The van der Waals surface area contributed by atoms with Crippen molar-refractivity contribution in [3.05, 3.63) is 46.2 Å². The van der Waals surface area contributed by atoms with Crippen molar-refractivity contribution in [3.63, 3.8) is 0 Å². The zero-order valence-electron chi connectivity index (χ0n) is 10.2. The van der Waals surface area contributed by atoms with Crippen molar-refractivity contribution >= 4 is 21.8 Å². The second-order valence-electron chi connectivity index (χ2n) is 3.84. The average molecular weight is 327 g/mol. The summed E-state index contributed by atoms with van der Waals surface area (Å²) in [5.74, 6) is -0.0132. The third kappa shape index (κ3) is 3.17. The number of hydrogen-bond acceptors (Lipinski definition) is 3. The second-order valence-corrected chi connectivity index (χ2v) is 4.69. The molecular formula is C12H12BrFN4O. The Kier molecular flexibility index (Phi) is 4.26. The van der Waals surface area contributed by atoms with E-state index in [1.165, 1.54) is 18.2 Å². The smallest absolute Gasteiger partial charge is 0.252 e. The van der Waals surface area contributed by atoms with Crippen molar-refractivity contribution in [3.8, 4) is 0 Å². The standard InChI is InChI=1S/C12H12BrFN4O/c1-2-18-7-16-17-11(18)6-15-12(19)9-4-3-8(14)5-10(9)13/h3-5,7H,2,6H2,1H3,(H,15,19). The van der Waals surface area contributed by atoms with Crippen molar-refractivity contribution < 1.29 is 9.18 Å². The highest BCUT2D eigenvalue weighted by molar-refractivity contribution is 9.10. The van der Waals surface area contributed by atoms with E-state index in [1.807, 2.05) is 11.5 Å². The number of rotatable bonds is 4. The number of nitrogens with one attached hydrogen (secondary N) is 1. The summed E-state index contributed by atoms with van der Waals surface area (Å²) in [6, 6.07) is 3.93. The molecule has 0 aliphatic heterocycles. The molecule has 0 saturated carbocycles. The van der Waals surface area contributed by atoms with Gasteiger partial charge in [-0.2, -0.15) is 0 Å². The Bertz CT molecular complexity index is 599. The Morgan fingerprint density at radius 3 is 3.00 bits per heavy atom. The van der Waals surface area contributed by atoms with E-state index in [4.69, 9.17) is 0 Å². The van der Waals surface area contributed by atoms with Crippen LogP contribution in [0.15, 0.2) is 29.0 Å². The zero-order valence-corrected chi connectivity index (χ0v) is 11.8. The number of aryl methyl sites for hydroxylation is 1. The van der Waals surface area contributed by atoms with Crippen LogP contribution >= 0.6 is 15.9 Å². The molecule has 2 aromatic rings. The van der Waals surface area contributed by atoms with Crippen LogP contribution in [0.2, 0.25) is 0 Å². The van der Waals surface area contributed by atoms with E-state index in [1.54, 1.807) is 6.33 Å². The molecule has 1 aromatic carbocycles. The second kappa shape index (κ2) is 5.92. The van der Waals surface area contributed by atoms with Gasteiger partial charge in [0.1, 0.15) is 12.1 Å². The van der Waals surface area contributed by atoms with Gasteiger partial charge in [0, 0.05) is 11.0 Å². The quantitative estimate of drug-likeness (QED) is 0.936. The molecule has 0 aliphatic rings. The van der Waals surface area contributed by atoms with Crippen LogP contribution in [-0.4, -0.2) is 20.7 Å². The minimum absolute atomic E-state index is 0.274. The Labute approximate surface area is 118 Å². The SMILES string of the molecule is CCn1cnnc1CNC(=O)c1ccc(F)cc1Br. The summed E-state index contributed by atoms with van der Waals surface area (Å²) in [4.78, 5) is 12.0. The van der Waals surface area contributed by atoms with Crippen LogP contribution in [0.3, 0.4) is 0 Å². The van der Waals surface area contributed by atoms with E-state index in [9.17, 15) is 9.18 Å². The fraction of sp³-hybridized carbons (Fsp3) is 0.250. The Hall–Kier alpha value is -1.76. The number of halogens is 2. The number of carbonyl (C=O) groups is 1. The van der Waals surface area contributed by atoms with Crippen LogP contribution in [0.25, 0.3) is 0 Å².